The summed E-state index contributed by atoms with van der Waals surface area (Å²) in [7, 11) is 0. The van der Waals surface area contributed by atoms with Gasteiger partial charge in [0.25, 0.3) is 0 Å². The Hall–Kier alpha value is -0.0400. The first-order valence-corrected chi connectivity index (χ1v) is 2.68. The molecule has 0 spiro atoms. The van der Waals surface area contributed by atoms with Crippen molar-refractivity contribution in [1.29, 1.82) is 0 Å². The van der Waals surface area contributed by atoms with Gasteiger partial charge in [-0.15, -0.1) is 0 Å². The zero-order valence-corrected chi connectivity index (χ0v) is 4.81. The van der Waals surface area contributed by atoms with Crippen molar-refractivity contribution in [3.05, 3.63) is 6.92 Å². The van der Waals surface area contributed by atoms with Gasteiger partial charge in [-0.05, 0) is 12.3 Å². The Bertz CT molecular complexity index is 35.2. The molecule has 0 aliphatic rings. The lowest BCUT2D eigenvalue weighted by Gasteiger charge is -2.00. The van der Waals surface area contributed by atoms with E-state index in [2.05, 4.69) is 6.92 Å². The van der Waals surface area contributed by atoms with Crippen LogP contribution in [0.4, 0.5) is 0 Å². The molecule has 1 unspecified atom stereocenters. The molecule has 0 rings (SSSR count). The van der Waals surface area contributed by atoms with Gasteiger partial charge in [-0.2, -0.15) is 0 Å². The van der Waals surface area contributed by atoms with Crippen molar-refractivity contribution in [3.8, 4) is 0 Å². The predicted octanol–water partition coefficient (Wildman–Crippen LogP) is 1.67. The van der Waals surface area contributed by atoms with E-state index in [1.807, 2.05) is 6.92 Å². The quantitative estimate of drug-likeness (QED) is 0.514. The minimum Gasteiger partial charge on any atom is -0.236 e. The van der Waals surface area contributed by atoms with Crippen LogP contribution in [0.2, 0.25) is 0 Å². The molecular formula is C6H12O. The molecule has 0 aromatic carbocycles. The van der Waals surface area contributed by atoms with Crippen LogP contribution in [0, 0.1) is 12.8 Å². The Morgan fingerprint density at radius 2 is 2.29 bits per heavy atom. The van der Waals surface area contributed by atoms with Crippen molar-refractivity contribution in [1.82, 2.24) is 0 Å². The van der Waals surface area contributed by atoms with E-state index in [9.17, 15) is 5.11 Å². The topological polar surface area (TPSA) is 19.9 Å². The van der Waals surface area contributed by atoms with Crippen LogP contribution in [0.1, 0.15) is 19.8 Å². The average Bonchev–Trinajstić information content (AvgIpc) is 1.68. The summed E-state index contributed by atoms with van der Waals surface area (Å²) in [6.07, 6.45) is 1.87. The largest absolute Gasteiger partial charge is 0.236 e. The lowest BCUT2D eigenvalue weighted by atomic mass is 10.1. The fourth-order valence-corrected chi connectivity index (χ4v) is 0.432. The molecule has 0 amide bonds. The summed E-state index contributed by atoms with van der Waals surface area (Å²) in [6, 6.07) is 0. The Morgan fingerprint density at radius 3 is 2.43 bits per heavy atom. The Balaban J connectivity index is 2.83. The predicted molar refractivity (Wildman–Crippen MR) is 29.3 cm³/mol. The lowest BCUT2D eigenvalue weighted by Crippen LogP contribution is -1.96. The van der Waals surface area contributed by atoms with Crippen LogP contribution in [0.15, 0.2) is 0 Å². The molecule has 0 bridgehead atoms. The summed E-state index contributed by atoms with van der Waals surface area (Å²) >= 11 is 0. The Kier molecular flexibility index (Phi) is 4.10. The van der Waals surface area contributed by atoms with E-state index in [4.69, 9.17) is 0 Å². The summed E-state index contributed by atoms with van der Waals surface area (Å²) in [5, 5.41) is 9.99. The van der Waals surface area contributed by atoms with Crippen LogP contribution in [0.25, 0.3) is 0 Å². The maximum Gasteiger partial charge on any atom is 0.0847 e. The molecule has 0 aromatic heterocycles. The van der Waals surface area contributed by atoms with E-state index in [0.717, 1.165) is 12.8 Å². The van der Waals surface area contributed by atoms with Gasteiger partial charge in [0.15, 0.2) is 0 Å². The van der Waals surface area contributed by atoms with Gasteiger partial charge >= 0.3 is 0 Å². The SMILES string of the molecule is [CH2]CCC(C)C[O]. The molecule has 42 valence electrons. The van der Waals surface area contributed by atoms with Gasteiger partial charge in [-0.25, -0.2) is 5.11 Å². The van der Waals surface area contributed by atoms with Gasteiger partial charge in [0.05, 0.1) is 6.61 Å². The van der Waals surface area contributed by atoms with Gasteiger partial charge in [-0.1, -0.05) is 20.3 Å². The highest BCUT2D eigenvalue weighted by molar-refractivity contribution is 4.49. The summed E-state index contributed by atoms with van der Waals surface area (Å²) in [6.45, 7) is 5.64. The van der Waals surface area contributed by atoms with Crippen LogP contribution in [0.5, 0.6) is 0 Å². The Labute approximate surface area is 45.4 Å². The van der Waals surface area contributed by atoms with E-state index < -0.39 is 0 Å². The molecule has 0 saturated carbocycles. The molecule has 0 fully saturated rings. The van der Waals surface area contributed by atoms with E-state index in [1.165, 1.54) is 0 Å². The second-order valence-electron chi connectivity index (χ2n) is 1.91. The van der Waals surface area contributed by atoms with Crippen LogP contribution >= 0.6 is 0 Å². The number of rotatable bonds is 3. The molecule has 2 radical (unpaired) electrons. The Morgan fingerprint density at radius 1 is 1.71 bits per heavy atom. The van der Waals surface area contributed by atoms with E-state index in [-0.39, 0.29) is 6.61 Å². The summed E-state index contributed by atoms with van der Waals surface area (Å²) < 4.78 is 0. The molecule has 1 heteroatoms. The molecule has 1 atom stereocenters. The van der Waals surface area contributed by atoms with Crippen molar-refractivity contribution in [2.45, 2.75) is 19.8 Å². The van der Waals surface area contributed by atoms with Crippen molar-refractivity contribution in [3.63, 3.8) is 0 Å². The highest BCUT2D eigenvalue weighted by Crippen LogP contribution is 2.01. The molecule has 0 heterocycles. The third-order valence-corrected chi connectivity index (χ3v) is 0.981. The van der Waals surface area contributed by atoms with Gasteiger partial charge in [0.2, 0.25) is 0 Å². The zero-order valence-electron chi connectivity index (χ0n) is 4.81. The minimum atomic E-state index is 0.0511. The average molecular weight is 100 g/mol. The van der Waals surface area contributed by atoms with Crippen LogP contribution in [0.3, 0.4) is 0 Å². The third kappa shape index (κ3) is 3.80. The van der Waals surface area contributed by atoms with Gasteiger partial charge < -0.3 is 0 Å². The van der Waals surface area contributed by atoms with E-state index in [1.54, 1.807) is 0 Å². The van der Waals surface area contributed by atoms with Crippen molar-refractivity contribution >= 4 is 0 Å². The summed E-state index contributed by atoms with van der Waals surface area (Å²) in [5.74, 6) is 0.331. The summed E-state index contributed by atoms with van der Waals surface area (Å²) in [4.78, 5) is 0. The molecule has 0 aromatic rings. The minimum absolute atomic E-state index is 0.0511. The lowest BCUT2D eigenvalue weighted by molar-refractivity contribution is 0.147. The van der Waals surface area contributed by atoms with Crippen LogP contribution < -0.4 is 0 Å². The van der Waals surface area contributed by atoms with Gasteiger partial charge in [0, 0.05) is 0 Å². The van der Waals surface area contributed by atoms with Gasteiger partial charge in [-0.3, -0.25) is 0 Å². The first kappa shape index (κ1) is 6.96. The molecule has 0 N–H and O–H groups in total. The molecule has 1 nitrogen and oxygen atoms in total. The molecule has 0 aliphatic carbocycles. The zero-order chi connectivity index (χ0) is 5.70. The molecule has 0 aliphatic heterocycles. The number of hydrogen-bond donors (Lipinski definition) is 0. The van der Waals surface area contributed by atoms with Crippen molar-refractivity contribution in [2.24, 2.45) is 5.92 Å². The monoisotopic (exact) mass is 100 g/mol. The van der Waals surface area contributed by atoms with Crippen LogP contribution in [-0.2, 0) is 5.11 Å². The molecule has 7 heavy (non-hydrogen) atoms. The fourth-order valence-electron chi connectivity index (χ4n) is 0.432. The first-order chi connectivity index (χ1) is 3.31. The second kappa shape index (κ2) is 4.13. The van der Waals surface area contributed by atoms with Gasteiger partial charge in [0.1, 0.15) is 0 Å². The fraction of sp³-hybridized carbons (Fsp3) is 0.833. The maximum atomic E-state index is 9.99. The second-order valence-corrected chi connectivity index (χ2v) is 1.91. The highest BCUT2D eigenvalue weighted by atomic mass is 16.3. The van der Waals surface area contributed by atoms with Crippen molar-refractivity contribution in [2.75, 3.05) is 6.61 Å². The molecule has 0 saturated heterocycles. The smallest absolute Gasteiger partial charge is 0.0847 e. The van der Waals surface area contributed by atoms with Crippen molar-refractivity contribution < 1.29 is 5.11 Å². The maximum absolute atomic E-state index is 9.99. The highest BCUT2D eigenvalue weighted by Gasteiger charge is 1.95. The normalized spacial score (nSPS) is 14.1. The molecular weight excluding hydrogens is 88.1 g/mol. The van der Waals surface area contributed by atoms with E-state index >= 15 is 0 Å². The first-order valence-electron chi connectivity index (χ1n) is 2.68. The summed E-state index contributed by atoms with van der Waals surface area (Å²) in [5.41, 5.74) is 0. The van der Waals surface area contributed by atoms with E-state index in [0.29, 0.717) is 5.92 Å². The third-order valence-electron chi connectivity index (χ3n) is 0.981. The number of hydrogen-bond acceptors (Lipinski definition) is 0. The standard InChI is InChI=1S/C6H12O/c1-3-4-6(2)5-7/h6H,1,3-5H2,2H3. The van der Waals surface area contributed by atoms with Crippen LogP contribution in [-0.4, -0.2) is 6.61 Å².